The fraction of sp³-hybridized carbons (Fsp3) is 0.250. The van der Waals surface area contributed by atoms with Crippen molar-refractivity contribution in [1.29, 1.82) is 0 Å². The molecule has 1 N–H and O–H groups in total. The number of hydrogen-bond donors (Lipinski definition) is 1. The van der Waals surface area contributed by atoms with Crippen molar-refractivity contribution in [3.8, 4) is 5.75 Å². The Balaban J connectivity index is 3.30. The van der Waals surface area contributed by atoms with Gasteiger partial charge in [-0.15, -0.1) is 0 Å². The highest BCUT2D eigenvalue weighted by atomic mass is 79.9. The Morgan fingerprint density at radius 1 is 1.64 bits per heavy atom. The first-order valence-electron chi connectivity index (χ1n) is 3.62. The van der Waals surface area contributed by atoms with E-state index in [9.17, 15) is 13.6 Å². The number of pyridine rings is 1. The van der Waals surface area contributed by atoms with Gasteiger partial charge in [0.25, 0.3) is 6.43 Å². The summed E-state index contributed by atoms with van der Waals surface area (Å²) in [6.45, 7) is 0. The first kappa shape index (κ1) is 11.0. The molecule has 0 aliphatic carbocycles. The van der Waals surface area contributed by atoms with Crippen LogP contribution in [0.15, 0.2) is 6.07 Å². The second-order valence-electron chi connectivity index (χ2n) is 2.48. The first-order chi connectivity index (χ1) is 6.60. The summed E-state index contributed by atoms with van der Waals surface area (Å²) in [6, 6.07) is 0.984. The lowest BCUT2D eigenvalue weighted by atomic mass is 10.2. The molecule has 0 aromatic carbocycles. The summed E-state index contributed by atoms with van der Waals surface area (Å²) in [5.41, 5.74) is -0.415. The van der Waals surface area contributed by atoms with Crippen LogP contribution < -0.4 is 0 Å². The third-order valence-electron chi connectivity index (χ3n) is 1.60. The molecule has 0 bridgehead atoms. The van der Waals surface area contributed by atoms with E-state index in [0.717, 1.165) is 6.07 Å². The van der Waals surface area contributed by atoms with Crippen LogP contribution in [0.1, 0.15) is 28.2 Å². The molecule has 0 fully saturated rings. The normalized spacial score (nSPS) is 10.6. The summed E-state index contributed by atoms with van der Waals surface area (Å²) in [6.07, 6.45) is -2.40. The van der Waals surface area contributed by atoms with Gasteiger partial charge in [0.1, 0.15) is 11.4 Å². The third kappa shape index (κ3) is 2.06. The number of aldehydes is 1. The predicted molar refractivity (Wildman–Crippen MR) is 48.9 cm³/mol. The lowest BCUT2D eigenvalue weighted by Gasteiger charge is -2.06. The van der Waals surface area contributed by atoms with Gasteiger partial charge in [0.2, 0.25) is 0 Å². The maximum absolute atomic E-state index is 12.3. The van der Waals surface area contributed by atoms with Crippen molar-refractivity contribution in [2.75, 3.05) is 0 Å². The average molecular weight is 266 g/mol. The van der Waals surface area contributed by atoms with E-state index < -0.39 is 17.9 Å². The van der Waals surface area contributed by atoms with Crippen LogP contribution in [0.2, 0.25) is 0 Å². The molecule has 0 atom stereocenters. The van der Waals surface area contributed by atoms with Gasteiger partial charge in [-0.25, -0.2) is 13.8 Å². The molecule has 1 aromatic heterocycles. The van der Waals surface area contributed by atoms with Gasteiger partial charge in [-0.1, -0.05) is 15.9 Å². The summed E-state index contributed by atoms with van der Waals surface area (Å²) >= 11 is 3.01. The number of nitrogens with zero attached hydrogens (tertiary/aromatic N) is 1. The molecule has 0 amide bonds. The minimum absolute atomic E-state index is 0.101. The average Bonchev–Trinajstić information content (AvgIpc) is 2.16. The van der Waals surface area contributed by atoms with Gasteiger partial charge in [-0.05, 0) is 6.07 Å². The molecule has 0 unspecified atom stereocenters. The van der Waals surface area contributed by atoms with Crippen molar-refractivity contribution >= 4 is 22.2 Å². The van der Waals surface area contributed by atoms with Crippen molar-refractivity contribution in [2.24, 2.45) is 0 Å². The maximum atomic E-state index is 12.3. The fourth-order valence-electron chi connectivity index (χ4n) is 0.941. The molecule has 0 aliphatic heterocycles. The summed E-state index contributed by atoms with van der Waals surface area (Å²) in [4.78, 5) is 13.9. The Kier molecular flexibility index (Phi) is 3.51. The van der Waals surface area contributed by atoms with Gasteiger partial charge in [0.15, 0.2) is 6.29 Å². The molecule has 1 aromatic rings. The number of carbonyl (C=O) groups is 1. The van der Waals surface area contributed by atoms with Crippen molar-refractivity contribution in [3.05, 3.63) is 23.0 Å². The molecule has 3 nitrogen and oxygen atoms in total. The highest BCUT2D eigenvalue weighted by molar-refractivity contribution is 9.08. The van der Waals surface area contributed by atoms with Crippen LogP contribution in [0.4, 0.5) is 8.78 Å². The lowest BCUT2D eigenvalue weighted by molar-refractivity contribution is 0.111. The minimum Gasteiger partial charge on any atom is -0.506 e. The first-order valence-corrected chi connectivity index (χ1v) is 4.74. The van der Waals surface area contributed by atoms with E-state index >= 15 is 0 Å². The summed E-state index contributed by atoms with van der Waals surface area (Å²) in [5, 5.41) is 9.28. The molecular formula is C8H6BrF2NO2. The second-order valence-corrected chi connectivity index (χ2v) is 3.04. The van der Waals surface area contributed by atoms with E-state index in [0.29, 0.717) is 6.29 Å². The van der Waals surface area contributed by atoms with E-state index in [1.807, 2.05) is 0 Å². The van der Waals surface area contributed by atoms with Crippen LogP contribution in [-0.4, -0.2) is 16.4 Å². The smallest absolute Gasteiger partial charge is 0.284 e. The Hall–Kier alpha value is -1.04. The van der Waals surface area contributed by atoms with Crippen LogP contribution in [0, 0.1) is 0 Å². The van der Waals surface area contributed by atoms with E-state index in [4.69, 9.17) is 5.11 Å². The Morgan fingerprint density at radius 2 is 2.29 bits per heavy atom. The van der Waals surface area contributed by atoms with Crippen LogP contribution in [0.3, 0.4) is 0 Å². The molecule has 1 heterocycles. The number of hydrogen-bond acceptors (Lipinski definition) is 3. The zero-order valence-electron chi connectivity index (χ0n) is 6.88. The van der Waals surface area contributed by atoms with E-state index in [1.165, 1.54) is 0 Å². The molecule has 76 valence electrons. The summed E-state index contributed by atoms with van der Waals surface area (Å²) in [7, 11) is 0. The van der Waals surface area contributed by atoms with E-state index in [1.54, 1.807) is 0 Å². The van der Waals surface area contributed by atoms with Gasteiger partial charge in [-0.3, -0.25) is 4.79 Å². The van der Waals surface area contributed by atoms with Gasteiger partial charge < -0.3 is 5.11 Å². The highest BCUT2D eigenvalue weighted by Crippen LogP contribution is 2.28. The summed E-state index contributed by atoms with van der Waals surface area (Å²) < 4.78 is 24.5. The second kappa shape index (κ2) is 4.45. The number of alkyl halides is 3. The monoisotopic (exact) mass is 265 g/mol. The van der Waals surface area contributed by atoms with Gasteiger partial charge in [-0.2, -0.15) is 0 Å². The number of carbonyl (C=O) groups excluding carboxylic acids is 1. The molecule has 6 heteroatoms. The molecule has 0 saturated heterocycles. The largest absolute Gasteiger partial charge is 0.506 e. The van der Waals surface area contributed by atoms with Gasteiger partial charge in [0.05, 0.1) is 5.69 Å². The Morgan fingerprint density at radius 3 is 2.71 bits per heavy atom. The molecule has 1 rings (SSSR count). The zero-order chi connectivity index (χ0) is 10.7. The van der Waals surface area contributed by atoms with Crippen molar-refractivity contribution in [2.45, 2.75) is 11.8 Å². The van der Waals surface area contributed by atoms with Crippen LogP contribution >= 0.6 is 15.9 Å². The van der Waals surface area contributed by atoms with E-state index in [-0.39, 0.29) is 16.6 Å². The maximum Gasteiger partial charge on any atom is 0.284 e. The standard InChI is InChI=1S/C8H6BrF2NO2/c9-2-5-4(3-13)1-6(14)7(12-5)8(10)11/h1,3,8,14H,2H2. The van der Waals surface area contributed by atoms with Gasteiger partial charge in [0, 0.05) is 10.9 Å². The molecule has 0 spiro atoms. The van der Waals surface area contributed by atoms with Crippen molar-refractivity contribution in [3.63, 3.8) is 0 Å². The SMILES string of the molecule is O=Cc1cc(O)c(C(F)F)nc1CBr. The Bertz CT molecular complexity index is 357. The molecular weight excluding hydrogens is 260 g/mol. The molecule has 0 aliphatic rings. The summed E-state index contributed by atoms with van der Waals surface area (Å²) in [5.74, 6) is -0.660. The minimum atomic E-state index is -2.85. The number of rotatable bonds is 3. The molecule has 14 heavy (non-hydrogen) atoms. The van der Waals surface area contributed by atoms with E-state index in [2.05, 4.69) is 20.9 Å². The van der Waals surface area contributed by atoms with Crippen LogP contribution in [0.25, 0.3) is 0 Å². The number of aromatic nitrogens is 1. The van der Waals surface area contributed by atoms with Crippen LogP contribution in [0.5, 0.6) is 5.75 Å². The third-order valence-corrected chi connectivity index (χ3v) is 2.13. The quantitative estimate of drug-likeness (QED) is 0.675. The van der Waals surface area contributed by atoms with Crippen molar-refractivity contribution in [1.82, 2.24) is 4.98 Å². The predicted octanol–water partition coefficient (Wildman–Crippen LogP) is 2.43. The highest BCUT2D eigenvalue weighted by Gasteiger charge is 2.17. The van der Waals surface area contributed by atoms with Crippen LogP contribution in [-0.2, 0) is 5.33 Å². The van der Waals surface area contributed by atoms with Gasteiger partial charge >= 0.3 is 0 Å². The lowest BCUT2D eigenvalue weighted by Crippen LogP contribution is -2.00. The number of aromatic hydroxyl groups is 1. The molecule has 0 saturated carbocycles. The fourth-order valence-corrected chi connectivity index (χ4v) is 1.39. The molecule has 0 radical (unpaired) electrons. The zero-order valence-corrected chi connectivity index (χ0v) is 8.46. The topological polar surface area (TPSA) is 50.2 Å². The van der Waals surface area contributed by atoms with Crippen molar-refractivity contribution < 1.29 is 18.7 Å². The Labute approximate surface area is 86.9 Å². The number of halogens is 3.